The SMILES string of the molecule is CCC(C)(C)C(=O)OC(C12CC3CC(CC(C3)C1)C2)C(O)(C(F)(F)F)C(F)(F)F. The van der Waals surface area contributed by atoms with Gasteiger partial charge < -0.3 is 9.84 Å². The maximum absolute atomic E-state index is 13.8. The first-order chi connectivity index (χ1) is 13.1. The summed E-state index contributed by atoms with van der Waals surface area (Å²) in [5, 5.41) is 10.3. The van der Waals surface area contributed by atoms with E-state index < -0.39 is 40.9 Å². The maximum atomic E-state index is 13.8. The highest BCUT2D eigenvalue weighted by atomic mass is 19.4. The number of halogens is 6. The van der Waals surface area contributed by atoms with Crippen LogP contribution >= 0.6 is 0 Å². The van der Waals surface area contributed by atoms with Crippen LogP contribution in [0, 0.1) is 28.6 Å². The van der Waals surface area contributed by atoms with Gasteiger partial charge in [-0.1, -0.05) is 6.92 Å². The van der Waals surface area contributed by atoms with Gasteiger partial charge in [-0.3, -0.25) is 4.79 Å². The van der Waals surface area contributed by atoms with E-state index in [-0.39, 0.29) is 43.4 Å². The lowest BCUT2D eigenvalue weighted by molar-refractivity contribution is -0.407. The second-order valence-electron chi connectivity index (χ2n) is 10.1. The van der Waals surface area contributed by atoms with Crippen molar-refractivity contribution >= 4 is 5.97 Å². The van der Waals surface area contributed by atoms with E-state index in [0.717, 1.165) is 19.3 Å². The number of hydrogen-bond donors (Lipinski definition) is 1. The topological polar surface area (TPSA) is 46.5 Å². The molecule has 1 unspecified atom stereocenters. The number of aliphatic hydroxyl groups is 1. The summed E-state index contributed by atoms with van der Waals surface area (Å²) in [4.78, 5) is 12.6. The quantitative estimate of drug-likeness (QED) is 0.469. The van der Waals surface area contributed by atoms with Crippen molar-refractivity contribution in [3.05, 3.63) is 0 Å². The van der Waals surface area contributed by atoms with Gasteiger partial charge in [0.05, 0.1) is 5.41 Å². The molecule has 0 heterocycles. The molecule has 1 N–H and O–H groups in total. The average molecular weight is 430 g/mol. The van der Waals surface area contributed by atoms with Gasteiger partial charge in [-0.15, -0.1) is 0 Å². The third-order valence-electron chi connectivity index (χ3n) is 7.55. The highest BCUT2D eigenvalue weighted by molar-refractivity contribution is 5.76. The average Bonchev–Trinajstić information content (AvgIpc) is 2.55. The molecule has 0 radical (unpaired) electrons. The van der Waals surface area contributed by atoms with Crippen LogP contribution in [0.5, 0.6) is 0 Å². The molecule has 4 aliphatic carbocycles. The van der Waals surface area contributed by atoms with Crippen molar-refractivity contribution in [3.8, 4) is 0 Å². The molecule has 4 saturated carbocycles. The third kappa shape index (κ3) is 3.55. The van der Waals surface area contributed by atoms with Gasteiger partial charge in [0, 0.05) is 5.41 Å². The molecule has 0 aromatic rings. The monoisotopic (exact) mass is 430 g/mol. The predicted molar refractivity (Wildman–Crippen MR) is 91.6 cm³/mol. The number of ether oxygens (including phenoxy) is 1. The summed E-state index contributed by atoms with van der Waals surface area (Å²) in [5.74, 6) is -1.13. The van der Waals surface area contributed by atoms with Crippen molar-refractivity contribution in [2.24, 2.45) is 28.6 Å². The van der Waals surface area contributed by atoms with E-state index in [0.29, 0.717) is 0 Å². The molecule has 9 heteroatoms. The molecule has 1 atom stereocenters. The fraction of sp³-hybridized carbons (Fsp3) is 0.950. The molecule has 0 aromatic heterocycles. The molecule has 0 saturated heterocycles. The Balaban J connectivity index is 2.11. The zero-order chi connectivity index (χ0) is 22.0. The summed E-state index contributed by atoms with van der Waals surface area (Å²) in [6.07, 6.45) is -11.9. The van der Waals surface area contributed by atoms with Crippen LogP contribution in [0.1, 0.15) is 65.7 Å². The Labute approximate surface area is 166 Å². The largest absolute Gasteiger partial charge is 0.458 e. The highest BCUT2D eigenvalue weighted by Gasteiger charge is 2.79. The van der Waals surface area contributed by atoms with Crippen molar-refractivity contribution in [2.45, 2.75) is 89.8 Å². The minimum Gasteiger partial charge on any atom is -0.458 e. The van der Waals surface area contributed by atoms with Gasteiger partial charge >= 0.3 is 18.3 Å². The fourth-order valence-electron chi connectivity index (χ4n) is 6.02. The van der Waals surface area contributed by atoms with Crippen molar-refractivity contribution < 1.29 is 41.0 Å². The van der Waals surface area contributed by atoms with E-state index in [2.05, 4.69) is 0 Å². The molecule has 4 rings (SSSR count). The summed E-state index contributed by atoms with van der Waals surface area (Å²) in [7, 11) is 0. The summed E-state index contributed by atoms with van der Waals surface area (Å²) < 4.78 is 87.9. The Bertz CT molecular complexity index is 602. The Morgan fingerprint density at radius 1 is 0.966 bits per heavy atom. The number of carbonyl (C=O) groups is 1. The summed E-state index contributed by atoms with van der Waals surface area (Å²) in [5.41, 5.74) is -7.89. The van der Waals surface area contributed by atoms with Crippen molar-refractivity contribution in [1.29, 1.82) is 0 Å². The first kappa shape index (κ1) is 22.7. The van der Waals surface area contributed by atoms with E-state index >= 15 is 0 Å². The van der Waals surface area contributed by atoms with E-state index in [9.17, 15) is 36.2 Å². The van der Waals surface area contributed by atoms with Gasteiger partial charge in [-0.25, -0.2) is 0 Å². The van der Waals surface area contributed by atoms with Gasteiger partial charge in [0.2, 0.25) is 0 Å². The lowest BCUT2D eigenvalue weighted by atomic mass is 9.46. The molecule has 0 amide bonds. The number of esters is 1. The second-order valence-corrected chi connectivity index (χ2v) is 10.1. The molecule has 168 valence electrons. The molecule has 0 spiro atoms. The lowest BCUT2D eigenvalue weighted by Crippen LogP contribution is -2.71. The van der Waals surface area contributed by atoms with Gasteiger partial charge in [0.15, 0.2) is 6.10 Å². The second kappa shape index (κ2) is 6.76. The Morgan fingerprint density at radius 2 is 1.34 bits per heavy atom. The van der Waals surface area contributed by atoms with E-state index in [1.54, 1.807) is 6.92 Å². The molecule has 29 heavy (non-hydrogen) atoms. The van der Waals surface area contributed by atoms with E-state index in [1.165, 1.54) is 13.8 Å². The van der Waals surface area contributed by atoms with Crippen LogP contribution in [0.3, 0.4) is 0 Å². The van der Waals surface area contributed by atoms with Gasteiger partial charge in [0.25, 0.3) is 5.60 Å². The standard InChI is InChI=1S/C20H28F6O3/c1-4-16(2,3)15(27)29-14(18(28,19(21,22)23)20(24,25)26)17-8-11-5-12(9-17)7-13(6-11)10-17/h11-14,28H,4-10H2,1-3H3. The normalized spacial score (nSPS) is 33.7. The number of hydrogen-bond acceptors (Lipinski definition) is 3. The van der Waals surface area contributed by atoms with Crippen molar-refractivity contribution in [2.75, 3.05) is 0 Å². The van der Waals surface area contributed by atoms with E-state index in [1.807, 2.05) is 0 Å². The molecular formula is C20H28F6O3. The Kier molecular flexibility index (Phi) is 5.29. The van der Waals surface area contributed by atoms with Crippen LogP contribution < -0.4 is 0 Å². The minimum absolute atomic E-state index is 0.00681. The molecule has 4 fully saturated rings. The third-order valence-corrected chi connectivity index (χ3v) is 7.55. The highest BCUT2D eigenvalue weighted by Crippen LogP contribution is 2.65. The van der Waals surface area contributed by atoms with Gasteiger partial charge in [-0.2, -0.15) is 26.3 Å². The fourth-order valence-corrected chi connectivity index (χ4v) is 6.02. The number of rotatable bonds is 5. The van der Waals surface area contributed by atoms with Crippen LogP contribution in [0.2, 0.25) is 0 Å². The Morgan fingerprint density at radius 3 is 1.66 bits per heavy atom. The summed E-state index contributed by atoms with van der Waals surface area (Å²) in [6, 6.07) is 0. The van der Waals surface area contributed by atoms with Crippen LogP contribution in [-0.2, 0) is 9.53 Å². The van der Waals surface area contributed by atoms with Crippen LogP contribution in [-0.4, -0.2) is 35.1 Å². The van der Waals surface area contributed by atoms with Gasteiger partial charge in [0.1, 0.15) is 0 Å². The first-order valence-electron chi connectivity index (χ1n) is 10.1. The van der Waals surface area contributed by atoms with E-state index in [4.69, 9.17) is 4.74 Å². The molecule has 4 bridgehead atoms. The molecule has 3 nitrogen and oxygen atoms in total. The maximum Gasteiger partial charge on any atom is 0.430 e. The number of carbonyl (C=O) groups excluding carboxylic acids is 1. The van der Waals surface area contributed by atoms with Crippen LogP contribution in [0.15, 0.2) is 0 Å². The molecule has 0 aromatic carbocycles. The summed E-state index contributed by atoms with van der Waals surface area (Å²) >= 11 is 0. The predicted octanol–water partition coefficient (Wildman–Crippen LogP) is 5.41. The summed E-state index contributed by atoms with van der Waals surface area (Å²) in [6.45, 7) is 4.42. The van der Waals surface area contributed by atoms with Crippen LogP contribution in [0.4, 0.5) is 26.3 Å². The smallest absolute Gasteiger partial charge is 0.430 e. The number of alkyl halides is 6. The van der Waals surface area contributed by atoms with Crippen LogP contribution in [0.25, 0.3) is 0 Å². The van der Waals surface area contributed by atoms with Gasteiger partial charge in [-0.05, 0) is 76.5 Å². The minimum atomic E-state index is -6.03. The lowest BCUT2D eigenvalue weighted by Gasteiger charge is -2.61. The zero-order valence-electron chi connectivity index (χ0n) is 16.8. The Hall–Kier alpha value is -0.990. The van der Waals surface area contributed by atoms with Crippen molar-refractivity contribution in [1.82, 2.24) is 0 Å². The van der Waals surface area contributed by atoms with Crippen molar-refractivity contribution in [3.63, 3.8) is 0 Å². The molecular weight excluding hydrogens is 402 g/mol. The molecule has 0 aliphatic heterocycles. The molecule has 4 aliphatic rings. The zero-order valence-corrected chi connectivity index (χ0v) is 16.8. The first-order valence-corrected chi connectivity index (χ1v) is 10.1.